The molecule has 1 aromatic carbocycles. The van der Waals surface area contributed by atoms with Crippen molar-refractivity contribution in [1.82, 2.24) is 9.88 Å². The largest absolute Gasteiger partial charge is 0.388 e. The van der Waals surface area contributed by atoms with Gasteiger partial charge < -0.3 is 10.0 Å². The smallest absolute Gasteiger partial charge is 0.126 e. The highest BCUT2D eigenvalue weighted by atomic mass is 19.1. The molecule has 0 spiro atoms. The molecular formula is C17H21FN2O. The molecule has 3 nitrogen and oxygen atoms in total. The van der Waals surface area contributed by atoms with Crippen molar-refractivity contribution in [1.29, 1.82) is 0 Å². The molecule has 0 saturated carbocycles. The van der Waals surface area contributed by atoms with Gasteiger partial charge in [-0.2, -0.15) is 0 Å². The Hall–Kier alpha value is -1.78. The second kappa shape index (κ2) is 7.29. The fourth-order valence-electron chi connectivity index (χ4n) is 2.17. The Morgan fingerprint density at radius 1 is 1.29 bits per heavy atom. The first kappa shape index (κ1) is 15.6. The molecule has 1 aromatic heterocycles. The number of aliphatic hydroxyl groups excluding tert-OH is 1. The Balaban J connectivity index is 1.85. The van der Waals surface area contributed by atoms with Crippen molar-refractivity contribution in [2.75, 3.05) is 13.6 Å². The van der Waals surface area contributed by atoms with Crippen LogP contribution in [-0.4, -0.2) is 28.6 Å². The van der Waals surface area contributed by atoms with Gasteiger partial charge in [-0.25, -0.2) is 4.39 Å². The number of nitrogens with zero attached hydrogens (tertiary/aromatic N) is 2. The van der Waals surface area contributed by atoms with Gasteiger partial charge in [-0.1, -0.05) is 18.2 Å². The quantitative estimate of drug-likeness (QED) is 0.887. The van der Waals surface area contributed by atoms with Crippen molar-refractivity contribution in [2.24, 2.45) is 0 Å². The van der Waals surface area contributed by atoms with Gasteiger partial charge >= 0.3 is 0 Å². The van der Waals surface area contributed by atoms with Gasteiger partial charge in [0.2, 0.25) is 0 Å². The molecule has 1 atom stereocenters. The maximum absolute atomic E-state index is 13.5. The molecule has 1 heterocycles. The first-order valence-corrected chi connectivity index (χ1v) is 7.09. The average molecular weight is 288 g/mol. The molecule has 21 heavy (non-hydrogen) atoms. The van der Waals surface area contributed by atoms with Crippen LogP contribution >= 0.6 is 0 Å². The highest BCUT2D eigenvalue weighted by molar-refractivity contribution is 5.24. The number of halogens is 1. The van der Waals surface area contributed by atoms with E-state index in [1.165, 1.54) is 6.07 Å². The molecule has 0 fully saturated rings. The molecule has 0 amide bonds. The Morgan fingerprint density at radius 2 is 2.10 bits per heavy atom. The molecule has 2 aromatic rings. The second-order valence-corrected chi connectivity index (χ2v) is 5.37. The van der Waals surface area contributed by atoms with Crippen LogP contribution in [0.25, 0.3) is 0 Å². The van der Waals surface area contributed by atoms with Gasteiger partial charge in [0.05, 0.1) is 11.8 Å². The predicted molar refractivity (Wildman–Crippen MR) is 81.3 cm³/mol. The molecule has 0 saturated heterocycles. The maximum Gasteiger partial charge on any atom is 0.126 e. The Bertz CT molecular complexity index is 574. The number of aromatic nitrogens is 1. The SMILES string of the molecule is Cc1ccc(C(O)CCN(C)Cc2ccccn2)cc1F. The molecule has 1 unspecified atom stereocenters. The normalized spacial score (nSPS) is 12.6. The van der Waals surface area contributed by atoms with Gasteiger partial charge in [0.15, 0.2) is 0 Å². The topological polar surface area (TPSA) is 36.4 Å². The fourth-order valence-corrected chi connectivity index (χ4v) is 2.17. The highest BCUT2D eigenvalue weighted by Gasteiger charge is 2.11. The van der Waals surface area contributed by atoms with Crippen molar-refractivity contribution in [3.05, 3.63) is 65.2 Å². The molecule has 4 heteroatoms. The van der Waals surface area contributed by atoms with E-state index in [2.05, 4.69) is 9.88 Å². The van der Waals surface area contributed by atoms with Crippen LogP contribution in [-0.2, 0) is 6.54 Å². The number of hydrogen-bond donors (Lipinski definition) is 1. The number of hydrogen-bond acceptors (Lipinski definition) is 3. The summed E-state index contributed by atoms with van der Waals surface area (Å²) in [6.07, 6.45) is 1.69. The first-order valence-electron chi connectivity index (χ1n) is 7.09. The molecule has 0 aliphatic carbocycles. The molecule has 0 radical (unpaired) electrons. The van der Waals surface area contributed by atoms with E-state index < -0.39 is 6.10 Å². The number of rotatable bonds is 6. The zero-order chi connectivity index (χ0) is 15.2. The molecule has 0 aliphatic heterocycles. The van der Waals surface area contributed by atoms with Crippen molar-refractivity contribution in [3.63, 3.8) is 0 Å². The van der Waals surface area contributed by atoms with E-state index in [-0.39, 0.29) is 5.82 Å². The summed E-state index contributed by atoms with van der Waals surface area (Å²) in [6, 6.07) is 10.7. The third kappa shape index (κ3) is 4.62. The van der Waals surface area contributed by atoms with E-state index in [0.29, 0.717) is 24.1 Å². The summed E-state index contributed by atoms with van der Waals surface area (Å²) < 4.78 is 13.5. The van der Waals surface area contributed by atoms with Crippen LogP contribution in [0, 0.1) is 12.7 Å². The summed E-state index contributed by atoms with van der Waals surface area (Å²) in [7, 11) is 1.98. The van der Waals surface area contributed by atoms with E-state index >= 15 is 0 Å². The molecular weight excluding hydrogens is 267 g/mol. The van der Waals surface area contributed by atoms with Crippen molar-refractivity contribution < 1.29 is 9.50 Å². The molecule has 0 aliphatic rings. The van der Waals surface area contributed by atoms with Crippen LogP contribution in [0.4, 0.5) is 4.39 Å². The third-order valence-electron chi connectivity index (χ3n) is 3.52. The van der Waals surface area contributed by atoms with Crippen LogP contribution < -0.4 is 0 Å². The molecule has 112 valence electrons. The van der Waals surface area contributed by atoms with Crippen molar-refractivity contribution >= 4 is 0 Å². The van der Waals surface area contributed by atoms with E-state index in [4.69, 9.17) is 0 Å². The summed E-state index contributed by atoms with van der Waals surface area (Å²) in [5, 5.41) is 10.1. The van der Waals surface area contributed by atoms with Gasteiger partial charge in [0.25, 0.3) is 0 Å². The highest BCUT2D eigenvalue weighted by Crippen LogP contribution is 2.19. The maximum atomic E-state index is 13.5. The second-order valence-electron chi connectivity index (χ2n) is 5.37. The van der Waals surface area contributed by atoms with Gasteiger partial charge in [-0.15, -0.1) is 0 Å². The third-order valence-corrected chi connectivity index (χ3v) is 3.52. The van der Waals surface area contributed by atoms with Crippen LogP contribution in [0.1, 0.15) is 29.3 Å². The predicted octanol–water partition coefficient (Wildman–Crippen LogP) is 3.08. The number of benzene rings is 1. The summed E-state index contributed by atoms with van der Waals surface area (Å²) in [4.78, 5) is 6.36. The van der Waals surface area contributed by atoms with Gasteiger partial charge in [0.1, 0.15) is 5.82 Å². The summed E-state index contributed by atoms with van der Waals surface area (Å²) in [6.45, 7) is 3.16. The Morgan fingerprint density at radius 3 is 2.76 bits per heavy atom. The lowest BCUT2D eigenvalue weighted by atomic mass is 10.0. The lowest BCUT2D eigenvalue weighted by molar-refractivity contribution is 0.147. The minimum Gasteiger partial charge on any atom is -0.388 e. The van der Waals surface area contributed by atoms with E-state index in [1.807, 2.05) is 25.2 Å². The minimum atomic E-state index is -0.647. The number of aryl methyl sites for hydroxylation is 1. The fraction of sp³-hybridized carbons (Fsp3) is 0.353. The van der Waals surface area contributed by atoms with Crippen LogP contribution in [0.15, 0.2) is 42.6 Å². The zero-order valence-electron chi connectivity index (χ0n) is 12.5. The standard InChI is InChI=1S/C17H21FN2O/c1-13-6-7-14(11-16(13)18)17(21)8-10-20(2)12-15-5-3-4-9-19-15/h3-7,9,11,17,21H,8,10,12H2,1-2H3. The Kier molecular flexibility index (Phi) is 5.42. The van der Waals surface area contributed by atoms with E-state index in [0.717, 1.165) is 12.2 Å². The van der Waals surface area contributed by atoms with Crippen molar-refractivity contribution in [3.8, 4) is 0 Å². The van der Waals surface area contributed by atoms with Crippen LogP contribution in [0.3, 0.4) is 0 Å². The molecule has 0 bridgehead atoms. The van der Waals surface area contributed by atoms with E-state index in [1.54, 1.807) is 25.3 Å². The monoisotopic (exact) mass is 288 g/mol. The zero-order valence-corrected chi connectivity index (χ0v) is 12.5. The lowest BCUT2D eigenvalue weighted by Gasteiger charge is -2.19. The summed E-state index contributed by atoms with van der Waals surface area (Å²) in [5.74, 6) is -0.270. The molecule has 1 N–H and O–H groups in total. The van der Waals surface area contributed by atoms with E-state index in [9.17, 15) is 9.50 Å². The minimum absolute atomic E-state index is 0.270. The van der Waals surface area contributed by atoms with Gasteiger partial charge in [-0.05, 0) is 49.7 Å². The van der Waals surface area contributed by atoms with Crippen molar-refractivity contribution in [2.45, 2.75) is 26.0 Å². The van der Waals surface area contributed by atoms with Crippen LogP contribution in [0.2, 0.25) is 0 Å². The first-order chi connectivity index (χ1) is 10.1. The van der Waals surface area contributed by atoms with Gasteiger partial charge in [0, 0.05) is 19.3 Å². The average Bonchev–Trinajstić information content (AvgIpc) is 2.48. The molecule has 2 rings (SSSR count). The van der Waals surface area contributed by atoms with Crippen LogP contribution in [0.5, 0.6) is 0 Å². The number of aliphatic hydroxyl groups is 1. The Labute approximate surface area is 125 Å². The summed E-state index contributed by atoms with van der Waals surface area (Å²) >= 11 is 0. The van der Waals surface area contributed by atoms with Gasteiger partial charge in [-0.3, -0.25) is 4.98 Å². The lowest BCUT2D eigenvalue weighted by Crippen LogP contribution is -2.21. The number of pyridine rings is 1. The summed E-state index contributed by atoms with van der Waals surface area (Å²) in [5.41, 5.74) is 2.22.